The van der Waals surface area contributed by atoms with Gasteiger partial charge in [-0.1, -0.05) is 19.0 Å². The average Bonchev–Trinajstić information content (AvgIpc) is 2.82. The molecule has 1 aliphatic carbocycles. The fourth-order valence-corrected chi connectivity index (χ4v) is 1.74. The van der Waals surface area contributed by atoms with Gasteiger partial charge < -0.3 is 9.84 Å². The fraction of sp³-hybridized carbons (Fsp3) is 0.800. The van der Waals surface area contributed by atoms with Gasteiger partial charge >= 0.3 is 6.01 Å². The largest absolute Gasteiger partial charge is 0.337 e. The first-order valence-electron chi connectivity index (χ1n) is 5.17. The van der Waals surface area contributed by atoms with Gasteiger partial charge in [0.25, 0.3) is 0 Å². The minimum Gasteiger partial charge on any atom is -0.337 e. The van der Waals surface area contributed by atoms with Crippen LogP contribution in [0.2, 0.25) is 0 Å². The van der Waals surface area contributed by atoms with Crippen LogP contribution in [0.4, 0.5) is 6.01 Å². The molecule has 4 nitrogen and oxygen atoms in total. The van der Waals surface area contributed by atoms with E-state index in [1.54, 1.807) is 0 Å². The molecule has 1 aromatic heterocycles. The van der Waals surface area contributed by atoms with Gasteiger partial charge in [-0.3, -0.25) is 0 Å². The van der Waals surface area contributed by atoms with E-state index in [0.717, 1.165) is 12.5 Å². The molecule has 0 atom stereocenters. The van der Waals surface area contributed by atoms with Crippen molar-refractivity contribution >= 4 is 6.01 Å². The smallest absolute Gasteiger partial charge is 0.321 e. The normalized spacial score (nSPS) is 18.6. The zero-order valence-corrected chi connectivity index (χ0v) is 9.00. The summed E-state index contributed by atoms with van der Waals surface area (Å²) < 4.78 is 4.99. The van der Waals surface area contributed by atoms with Crippen molar-refractivity contribution in [1.82, 2.24) is 10.1 Å². The molecule has 0 bridgehead atoms. The van der Waals surface area contributed by atoms with Crippen molar-refractivity contribution in [3.63, 3.8) is 0 Å². The summed E-state index contributed by atoms with van der Waals surface area (Å²) in [6.07, 6.45) is 2.62. The molecule has 1 N–H and O–H groups in total. The first kappa shape index (κ1) is 9.49. The number of nitrogens with zero attached hydrogens (tertiary/aromatic N) is 2. The van der Waals surface area contributed by atoms with Crippen molar-refractivity contribution in [3.8, 4) is 0 Å². The maximum atomic E-state index is 4.99. The Hall–Kier alpha value is -1.06. The van der Waals surface area contributed by atoms with Gasteiger partial charge in [-0.15, -0.1) is 0 Å². The number of hydrogen-bond donors (Lipinski definition) is 1. The molecule has 1 fully saturated rings. The number of anilines is 1. The summed E-state index contributed by atoms with van der Waals surface area (Å²) in [4.78, 5) is 4.11. The molecule has 0 radical (unpaired) electrons. The van der Waals surface area contributed by atoms with E-state index in [4.69, 9.17) is 4.52 Å². The van der Waals surface area contributed by atoms with Gasteiger partial charge in [-0.25, -0.2) is 0 Å². The fourth-order valence-electron chi connectivity index (χ4n) is 1.74. The SMILES string of the molecule is Cc1noc(NCC2(C(C)C)CC2)n1. The molecule has 0 aliphatic heterocycles. The van der Waals surface area contributed by atoms with E-state index in [-0.39, 0.29) is 0 Å². The predicted molar refractivity (Wildman–Crippen MR) is 54.0 cm³/mol. The number of aryl methyl sites for hydroxylation is 1. The summed E-state index contributed by atoms with van der Waals surface area (Å²) >= 11 is 0. The number of nitrogens with one attached hydrogen (secondary N) is 1. The third-order valence-electron chi connectivity index (χ3n) is 3.24. The molecule has 14 heavy (non-hydrogen) atoms. The Morgan fingerprint density at radius 1 is 1.50 bits per heavy atom. The van der Waals surface area contributed by atoms with Crippen LogP contribution in [-0.4, -0.2) is 16.7 Å². The molecule has 0 unspecified atom stereocenters. The molecule has 1 aliphatic rings. The van der Waals surface area contributed by atoms with Crippen LogP contribution >= 0.6 is 0 Å². The topological polar surface area (TPSA) is 51.0 Å². The lowest BCUT2D eigenvalue weighted by Gasteiger charge is -2.18. The Bertz CT molecular complexity index is 315. The second-order valence-electron chi connectivity index (χ2n) is 4.52. The van der Waals surface area contributed by atoms with Gasteiger partial charge in [0.05, 0.1) is 0 Å². The maximum Gasteiger partial charge on any atom is 0.321 e. The third-order valence-corrected chi connectivity index (χ3v) is 3.24. The summed E-state index contributed by atoms with van der Waals surface area (Å²) in [6.45, 7) is 7.32. The van der Waals surface area contributed by atoms with E-state index >= 15 is 0 Å². The van der Waals surface area contributed by atoms with Gasteiger partial charge in [0, 0.05) is 6.54 Å². The van der Waals surface area contributed by atoms with Crippen molar-refractivity contribution in [2.24, 2.45) is 11.3 Å². The molecular weight excluding hydrogens is 178 g/mol. The van der Waals surface area contributed by atoms with Gasteiger partial charge in [0.1, 0.15) is 0 Å². The maximum absolute atomic E-state index is 4.99. The van der Waals surface area contributed by atoms with E-state index in [0.29, 0.717) is 17.3 Å². The number of hydrogen-bond acceptors (Lipinski definition) is 4. The first-order valence-corrected chi connectivity index (χ1v) is 5.17. The van der Waals surface area contributed by atoms with Crippen molar-refractivity contribution in [2.75, 3.05) is 11.9 Å². The van der Waals surface area contributed by atoms with Gasteiger partial charge in [0.2, 0.25) is 0 Å². The van der Waals surface area contributed by atoms with Crippen LogP contribution in [-0.2, 0) is 0 Å². The minimum absolute atomic E-state index is 0.475. The molecule has 1 aromatic rings. The second kappa shape index (κ2) is 3.26. The molecule has 0 saturated heterocycles. The van der Waals surface area contributed by atoms with Crippen LogP contribution in [0.15, 0.2) is 4.52 Å². The summed E-state index contributed by atoms with van der Waals surface area (Å²) in [7, 11) is 0. The lowest BCUT2D eigenvalue weighted by molar-refractivity contribution is 0.368. The summed E-state index contributed by atoms with van der Waals surface area (Å²) in [5, 5.41) is 6.94. The number of rotatable bonds is 4. The standard InChI is InChI=1S/C10H17N3O/c1-7(2)10(4-5-10)6-11-9-12-8(3)13-14-9/h7H,4-6H2,1-3H3,(H,11,12,13). The van der Waals surface area contributed by atoms with Crippen LogP contribution < -0.4 is 5.32 Å². The average molecular weight is 195 g/mol. The highest BCUT2D eigenvalue weighted by atomic mass is 16.5. The Kier molecular flexibility index (Phi) is 2.21. The van der Waals surface area contributed by atoms with E-state index in [1.807, 2.05) is 6.92 Å². The molecule has 0 amide bonds. The van der Waals surface area contributed by atoms with Crippen LogP contribution in [0, 0.1) is 18.3 Å². The van der Waals surface area contributed by atoms with E-state index in [9.17, 15) is 0 Å². The highest BCUT2D eigenvalue weighted by Crippen LogP contribution is 2.51. The summed E-state index contributed by atoms with van der Waals surface area (Å²) in [6, 6.07) is 0.550. The molecule has 0 spiro atoms. The molecule has 78 valence electrons. The Balaban J connectivity index is 1.89. The van der Waals surface area contributed by atoms with Crippen LogP contribution in [0.1, 0.15) is 32.5 Å². The number of aromatic nitrogens is 2. The molecule has 0 aromatic carbocycles. The molecule has 4 heteroatoms. The van der Waals surface area contributed by atoms with Crippen molar-refractivity contribution in [1.29, 1.82) is 0 Å². The summed E-state index contributed by atoms with van der Waals surface area (Å²) in [5.74, 6) is 1.40. The first-order chi connectivity index (χ1) is 6.62. The summed E-state index contributed by atoms with van der Waals surface area (Å²) in [5.41, 5.74) is 0.475. The van der Waals surface area contributed by atoms with E-state index in [1.165, 1.54) is 12.8 Å². The van der Waals surface area contributed by atoms with Crippen LogP contribution in [0.5, 0.6) is 0 Å². The lowest BCUT2D eigenvalue weighted by Crippen LogP contribution is -2.20. The molecular formula is C10H17N3O. The van der Waals surface area contributed by atoms with Crippen LogP contribution in [0.25, 0.3) is 0 Å². The Labute approximate surface area is 84.1 Å². The van der Waals surface area contributed by atoms with Gasteiger partial charge in [0.15, 0.2) is 5.82 Å². The molecule has 1 saturated carbocycles. The Morgan fingerprint density at radius 2 is 2.21 bits per heavy atom. The predicted octanol–water partition coefficient (Wildman–Crippen LogP) is 2.23. The highest BCUT2D eigenvalue weighted by Gasteiger charge is 2.45. The quantitative estimate of drug-likeness (QED) is 0.800. The molecule has 1 heterocycles. The zero-order chi connectivity index (χ0) is 10.2. The minimum atomic E-state index is 0.475. The third kappa shape index (κ3) is 1.74. The highest BCUT2D eigenvalue weighted by molar-refractivity contribution is 5.20. The van der Waals surface area contributed by atoms with Gasteiger partial charge in [-0.2, -0.15) is 4.98 Å². The van der Waals surface area contributed by atoms with Crippen LogP contribution in [0.3, 0.4) is 0 Å². The van der Waals surface area contributed by atoms with Gasteiger partial charge in [-0.05, 0) is 31.1 Å². The van der Waals surface area contributed by atoms with Crippen molar-refractivity contribution in [3.05, 3.63) is 5.82 Å². The van der Waals surface area contributed by atoms with Crippen molar-refractivity contribution in [2.45, 2.75) is 33.6 Å². The van der Waals surface area contributed by atoms with Crippen molar-refractivity contribution < 1.29 is 4.52 Å². The second-order valence-corrected chi connectivity index (χ2v) is 4.52. The lowest BCUT2D eigenvalue weighted by atomic mass is 9.92. The molecule has 2 rings (SSSR count). The van der Waals surface area contributed by atoms with E-state index in [2.05, 4.69) is 29.3 Å². The zero-order valence-electron chi connectivity index (χ0n) is 9.00. The van der Waals surface area contributed by atoms with E-state index < -0.39 is 0 Å². The monoisotopic (exact) mass is 195 g/mol. The Morgan fingerprint density at radius 3 is 2.64 bits per heavy atom.